The highest BCUT2D eigenvalue weighted by Crippen LogP contribution is 2.13. The zero-order valence-corrected chi connectivity index (χ0v) is 18.2. The van der Waals surface area contributed by atoms with Crippen LogP contribution in [0.15, 0.2) is 65.1 Å². The number of morpholine rings is 2. The van der Waals surface area contributed by atoms with Crippen LogP contribution >= 0.6 is 15.9 Å². The van der Waals surface area contributed by atoms with E-state index < -0.39 is 0 Å². The lowest BCUT2D eigenvalue weighted by atomic mass is 10.3. The average molecular weight is 437 g/mol. The number of nitrogens with zero attached hydrogens (tertiary/aromatic N) is 1. The smallest absolute Gasteiger partial charge is 0.0642 e. The van der Waals surface area contributed by atoms with Crippen LogP contribution in [0.2, 0.25) is 0 Å². The zero-order chi connectivity index (χ0) is 19.6. The molecule has 0 bridgehead atoms. The third-order valence-electron chi connectivity index (χ3n) is 3.71. The third kappa shape index (κ3) is 11.8. The Morgan fingerprint density at radius 1 is 0.741 bits per heavy atom. The molecule has 0 radical (unpaired) electrons. The van der Waals surface area contributed by atoms with Crippen LogP contribution in [0.5, 0.6) is 0 Å². The second kappa shape index (κ2) is 16.8. The van der Waals surface area contributed by atoms with Crippen molar-refractivity contribution in [2.24, 2.45) is 0 Å². The molecule has 0 aliphatic carbocycles. The van der Waals surface area contributed by atoms with Gasteiger partial charge in [-0.05, 0) is 24.3 Å². The maximum Gasteiger partial charge on any atom is 0.0642 e. The maximum absolute atomic E-state index is 5.28. The topological polar surface area (TPSA) is 33.7 Å². The first-order chi connectivity index (χ1) is 13.4. The lowest BCUT2D eigenvalue weighted by Gasteiger charge is -2.28. The van der Waals surface area contributed by atoms with Gasteiger partial charge in [0.1, 0.15) is 0 Å². The Kier molecular flexibility index (Phi) is 14.7. The van der Waals surface area contributed by atoms with E-state index in [9.17, 15) is 0 Å². The Morgan fingerprint density at radius 3 is 1.59 bits per heavy atom. The molecule has 4 rings (SSSR count). The highest BCUT2D eigenvalue weighted by molar-refractivity contribution is 9.10. The summed E-state index contributed by atoms with van der Waals surface area (Å²) in [6, 6.07) is 20.5. The molecule has 0 aromatic heterocycles. The van der Waals surface area contributed by atoms with Gasteiger partial charge in [-0.1, -0.05) is 66.2 Å². The Balaban J connectivity index is 0.000000208. The zero-order valence-electron chi connectivity index (χ0n) is 16.6. The fourth-order valence-electron chi connectivity index (χ4n) is 2.39. The summed E-state index contributed by atoms with van der Waals surface area (Å²) in [5.41, 5.74) is 1.31. The first-order valence-corrected chi connectivity index (χ1v) is 10.5. The van der Waals surface area contributed by atoms with Gasteiger partial charge in [0.2, 0.25) is 0 Å². The number of ether oxygens (including phenoxy) is 2. The summed E-state index contributed by atoms with van der Waals surface area (Å²) in [4.78, 5) is 2.35. The highest BCUT2D eigenvalue weighted by Gasteiger charge is 2.09. The van der Waals surface area contributed by atoms with Gasteiger partial charge in [0.15, 0.2) is 0 Å². The summed E-state index contributed by atoms with van der Waals surface area (Å²) < 4.78 is 11.4. The molecule has 0 saturated carbocycles. The summed E-state index contributed by atoms with van der Waals surface area (Å²) in [5.74, 6) is 0. The Labute approximate surface area is 173 Å². The van der Waals surface area contributed by atoms with Crippen LogP contribution in [0.1, 0.15) is 13.8 Å². The van der Waals surface area contributed by atoms with Gasteiger partial charge < -0.3 is 19.7 Å². The summed E-state index contributed by atoms with van der Waals surface area (Å²) in [5, 5.41) is 3.16. The molecule has 2 aromatic rings. The van der Waals surface area contributed by atoms with Crippen LogP contribution < -0.4 is 10.2 Å². The summed E-state index contributed by atoms with van der Waals surface area (Å²) >= 11 is 3.31. The number of rotatable bonds is 1. The van der Waals surface area contributed by atoms with Crippen LogP contribution in [0, 0.1) is 0 Å². The molecule has 1 N–H and O–H groups in total. The van der Waals surface area contributed by atoms with Gasteiger partial charge >= 0.3 is 0 Å². The van der Waals surface area contributed by atoms with Crippen molar-refractivity contribution in [1.82, 2.24) is 5.32 Å². The van der Waals surface area contributed by atoms with Crippen molar-refractivity contribution < 1.29 is 9.47 Å². The minimum absolute atomic E-state index is 0.856. The molecule has 2 saturated heterocycles. The summed E-state index contributed by atoms with van der Waals surface area (Å²) in [6.07, 6.45) is 0. The van der Waals surface area contributed by atoms with Gasteiger partial charge in [-0.2, -0.15) is 0 Å². The first kappa shape index (κ1) is 23.6. The third-order valence-corrected chi connectivity index (χ3v) is 4.24. The molecule has 27 heavy (non-hydrogen) atoms. The van der Waals surface area contributed by atoms with E-state index in [1.807, 2.05) is 50.2 Å². The predicted octanol–water partition coefficient (Wildman–Crippen LogP) is 4.60. The molecular formula is C22H33BrN2O2. The van der Waals surface area contributed by atoms with Crippen LogP contribution in [0.4, 0.5) is 5.69 Å². The summed E-state index contributed by atoms with van der Waals surface area (Å²) in [6.45, 7) is 11.6. The lowest BCUT2D eigenvalue weighted by Crippen LogP contribution is -2.36. The molecule has 0 spiro atoms. The average Bonchev–Trinajstić information content (AvgIpc) is 2.79. The monoisotopic (exact) mass is 436 g/mol. The van der Waals surface area contributed by atoms with Gasteiger partial charge in [-0.3, -0.25) is 0 Å². The van der Waals surface area contributed by atoms with Crippen molar-refractivity contribution in [3.8, 4) is 0 Å². The van der Waals surface area contributed by atoms with Crippen LogP contribution in [0.25, 0.3) is 0 Å². The van der Waals surface area contributed by atoms with Gasteiger partial charge in [0.25, 0.3) is 0 Å². The Hall–Kier alpha value is -1.40. The quantitative estimate of drug-likeness (QED) is 0.707. The van der Waals surface area contributed by atoms with Gasteiger partial charge in [-0.15, -0.1) is 0 Å². The molecular weight excluding hydrogens is 404 g/mol. The Morgan fingerprint density at radius 2 is 1.22 bits per heavy atom. The molecule has 2 heterocycles. The minimum Gasteiger partial charge on any atom is -0.379 e. The number of para-hydroxylation sites is 1. The van der Waals surface area contributed by atoms with Crippen molar-refractivity contribution in [3.63, 3.8) is 0 Å². The van der Waals surface area contributed by atoms with Crippen LogP contribution in [0.3, 0.4) is 0 Å². The van der Waals surface area contributed by atoms with Gasteiger partial charge in [0, 0.05) is 36.3 Å². The fraction of sp³-hybridized carbons (Fsp3) is 0.455. The van der Waals surface area contributed by atoms with E-state index in [0.717, 1.165) is 57.1 Å². The molecule has 0 unspecified atom stereocenters. The van der Waals surface area contributed by atoms with Crippen molar-refractivity contribution in [2.45, 2.75) is 13.8 Å². The standard InChI is InChI=1S/C10H13NO.C6H5Br.C4H9NO.C2H6/c1-2-4-10(5-3-1)11-6-8-12-9-7-11;7-6-4-2-1-3-5-6;1-3-6-4-2-5-1;1-2/h1-5H,6-9H2;1-5H;5H,1-4H2;1-2H3. The van der Waals surface area contributed by atoms with E-state index in [1.54, 1.807) is 0 Å². The molecule has 0 atom stereocenters. The molecule has 2 aromatic carbocycles. The lowest BCUT2D eigenvalue weighted by molar-refractivity contribution is 0.109. The van der Waals surface area contributed by atoms with Crippen LogP contribution in [-0.2, 0) is 9.47 Å². The highest BCUT2D eigenvalue weighted by atomic mass is 79.9. The largest absolute Gasteiger partial charge is 0.379 e. The number of hydrogen-bond donors (Lipinski definition) is 1. The SMILES string of the molecule is Brc1ccccc1.C1COCCN1.CC.c1ccc(N2CCOCC2)cc1. The van der Waals surface area contributed by atoms with Crippen molar-refractivity contribution in [1.29, 1.82) is 0 Å². The molecule has 2 aliphatic rings. The Bertz CT molecular complexity index is 533. The first-order valence-electron chi connectivity index (χ1n) is 9.73. The number of halogens is 1. The molecule has 2 fully saturated rings. The van der Waals surface area contributed by atoms with Crippen molar-refractivity contribution in [3.05, 3.63) is 65.1 Å². The molecule has 0 amide bonds. The number of anilines is 1. The second-order valence-electron chi connectivity index (χ2n) is 5.59. The van der Waals surface area contributed by atoms with E-state index >= 15 is 0 Å². The normalized spacial score (nSPS) is 15.7. The minimum atomic E-state index is 0.856. The van der Waals surface area contributed by atoms with E-state index in [0.29, 0.717) is 0 Å². The number of benzene rings is 2. The van der Waals surface area contributed by atoms with Gasteiger partial charge in [-0.25, -0.2) is 0 Å². The van der Waals surface area contributed by atoms with Crippen molar-refractivity contribution in [2.75, 3.05) is 57.5 Å². The molecule has 5 heteroatoms. The number of hydrogen-bond acceptors (Lipinski definition) is 4. The van der Waals surface area contributed by atoms with E-state index in [4.69, 9.17) is 9.47 Å². The van der Waals surface area contributed by atoms with Crippen molar-refractivity contribution >= 4 is 21.6 Å². The predicted molar refractivity (Wildman–Crippen MR) is 119 cm³/mol. The molecule has 4 nitrogen and oxygen atoms in total. The van der Waals surface area contributed by atoms with E-state index in [2.05, 4.69) is 50.4 Å². The van der Waals surface area contributed by atoms with E-state index in [-0.39, 0.29) is 0 Å². The molecule has 2 aliphatic heterocycles. The number of nitrogens with one attached hydrogen (secondary N) is 1. The van der Waals surface area contributed by atoms with E-state index in [1.165, 1.54) is 5.69 Å². The fourth-order valence-corrected chi connectivity index (χ4v) is 2.70. The van der Waals surface area contributed by atoms with Gasteiger partial charge in [0.05, 0.1) is 26.4 Å². The maximum atomic E-state index is 5.28. The second-order valence-corrected chi connectivity index (χ2v) is 6.51. The van der Waals surface area contributed by atoms with Crippen LogP contribution in [-0.4, -0.2) is 52.6 Å². The molecule has 150 valence electrons. The summed E-state index contributed by atoms with van der Waals surface area (Å²) in [7, 11) is 0.